The van der Waals surface area contributed by atoms with Crippen LogP contribution in [0.15, 0.2) is 17.0 Å². The van der Waals surface area contributed by atoms with Gasteiger partial charge in [-0.15, -0.1) is 11.3 Å². The molecule has 0 saturated heterocycles. The van der Waals surface area contributed by atoms with Crippen LogP contribution in [0.25, 0.3) is 0 Å². The molecule has 2 rings (SSSR count). The summed E-state index contributed by atoms with van der Waals surface area (Å²) < 4.78 is 0. The predicted molar refractivity (Wildman–Crippen MR) is 69.9 cm³/mol. The number of thiazole rings is 1. The molecule has 17 heavy (non-hydrogen) atoms. The van der Waals surface area contributed by atoms with Crippen LogP contribution in [0.4, 0.5) is 11.6 Å². The van der Waals surface area contributed by atoms with Gasteiger partial charge in [-0.3, -0.25) is 0 Å². The first-order chi connectivity index (χ1) is 8.28. The normalized spacial score (nSPS) is 10.4. The van der Waals surface area contributed by atoms with Crippen molar-refractivity contribution in [2.45, 2.75) is 26.3 Å². The highest BCUT2D eigenvalue weighted by molar-refractivity contribution is 7.07. The quantitative estimate of drug-likeness (QED) is 0.848. The van der Waals surface area contributed by atoms with Crippen molar-refractivity contribution in [2.24, 2.45) is 0 Å². The molecule has 0 fully saturated rings. The van der Waals surface area contributed by atoms with Gasteiger partial charge >= 0.3 is 0 Å². The third-order valence-electron chi connectivity index (χ3n) is 2.20. The van der Waals surface area contributed by atoms with Crippen molar-refractivity contribution < 1.29 is 0 Å². The third kappa shape index (κ3) is 3.39. The summed E-state index contributed by atoms with van der Waals surface area (Å²) in [6.07, 6.45) is 1.85. The highest BCUT2D eigenvalue weighted by atomic mass is 32.1. The molecule has 0 spiro atoms. The van der Waals surface area contributed by atoms with Gasteiger partial charge in [-0.1, -0.05) is 6.92 Å². The average molecular weight is 249 g/mol. The summed E-state index contributed by atoms with van der Waals surface area (Å²) >= 11 is 1.58. The topological polar surface area (TPSA) is 76.7 Å². The number of anilines is 2. The zero-order valence-corrected chi connectivity index (χ0v) is 10.5. The lowest BCUT2D eigenvalue weighted by atomic mass is 10.3. The number of hydrogen-bond acceptors (Lipinski definition) is 6. The summed E-state index contributed by atoms with van der Waals surface area (Å²) in [6, 6.07) is 1.74. The molecule has 0 radical (unpaired) electrons. The van der Waals surface area contributed by atoms with Gasteiger partial charge in [-0.2, -0.15) is 0 Å². The SMILES string of the molecule is CCCc1nc(N)cc(NCc2cscn2)n1. The maximum Gasteiger partial charge on any atom is 0.133 e. The largest absolute Gasteiger partial charge is 0.384 e. The van der Waals surface area contributed by atoms with Crippen LogP contribution in [0, 0.1) is 0 Å². The van der Waals surface area contributed by atoms with E-state index in [2.05, 4.69) is 27.2 Å². The Morgan fingerprint density at radius 3 is 3.00 bits per heavy atom. The predicted octanol–water partition coefficient (Wildman–Crippen LogP) is 2.08. The Bertz CT molecular complexity index is 469. The average Bonchev–Trinajstić information content (AvgIpc) is 2.79. The lowest BCUT2D eigenvalue weighted by molar-refractivity contribution is 0.836. The molecule has 0 aliphatic rings. The van der Waals surface area contributed by atoms with Gasteiger partial charge in [0, 0.05) is 17.9 Å². The molecule has 2 aromatic rings. The first-order valence-electron chi connectivity index (χ1n) is 5.52. The maximum absolute atomic E-state index is 5.73. The summed E-state index contributed by atoms with van der Waals surface area (Å²) in [5.41, 5.74) is 8.55. The molecule has 0 aromatic carbocycles. The second-order valence-electron chi connectivity index (χ2n) is 3.68. The van der Waals surface area contributed by atoms with E-state index in [0.29, 0.717) is 12.4 Å². The van der Waals surface area contributed by atoms with Gasteiger partial charge < -0.3 is 11.1 Å². The van der Waals surface area contributed by atoms with Crippen molar-refractivity contribution in [2.75, 3.05) is 11.1 Å². The summed E-state index contributed by atoms with van der Waals surface area (Å²) in [5.74, 6) is 2.05. The van der Waals surface area contributed by atoms with E-state index < -0.39 is 0 Å². The Labute approximate surface area is 104 Å². The Morgan fingerprint density at radius 1 is 1.41 bits per heavy atom. The van der Waals surface area contributed by atoms with Crippen molar-refractivity contribution in [1.82, 2.24) is 15.0 Å². The van der Waals surface area contributed by atoms with Crippen LogP contribution in [-0.4, -0.2) is 15.0 Å². The second kappa shape index (κ2) is 5.58. The molecule has 2 heterocycles. The standard InChI is InChI=1S/C11H15N5S/c1-2-3-10-15-9(12)4-11(16-10)13-5-8-6-17-7-14-8/h4,6-7H,2-3,5H2,1H3,(H3,12,13,15,16). The van der Waals surface area contributed by atoms with Crippen LogP contribution < -0.4 is 11.1 Å². The molecule has 90 valence electrons. The van der Waals surface area contributed by atoms with Crippen LogP contribution in [0.1, 0.15) is 24.9 Å². The van der Waals surface area contributed by atoms with E-state index in [0.717, 1.165) is 30.2 Å². The lowest BCUT2D eigenvalue weighted by Crippen LogP contribution is -2.06. The molecule has 2 aromatic heterocycles. The first-order valence-corrected chi connectivity index (χ1v) is 6.46. The zero-order chi connectivity index (χ0) is 12.1. The van der Waals surface area contributed by atoms with Gasteiger partial charge in [-0.05, 0) is 6.42 Å². The van der Waals surface area contributed by atoms with Crippen molar-refractivity contribution in [1.29, 1.82) is 0 Å². The number of hydrogen-bond donors (Lipinski definition) is 2. The fourth-order valence-electron chi connectivity index (χ4n) is 1.45. The van der Waals surface area contributed by atoms with Crippen LogP contribution in [-0.2, 0) is 13.0 Å². The fraction of sp³-hybridized carbons (Fsp3) is 0.364. The monoisotopic (exact) mass is 249 g/mol. The summed E-state index contributed by atoms with van der Waals surface area (Å²) in [6.45, 7) is 2.75. The number of aromatic nitrogens is 3. The van der Waals surface area contributed by atoms with E-state index >= 15 is 0 Å². The Hall–Kier alpha value is -1.69. The van der Waals surface area contributed by atoms with Crippen molar-refractivity contribution in [3.63, 3.8) is 0 Å². The molecule has 0 saturated carbocycles. The molecule has 0 aliphatic carbocycles. The van der Waals surface area contributed by atoms with Crippen molar-refractivity contribution in [3.05, 3.63) is 28.5 Å². The van der Waals surface area contributed by atoms with Gasteiger partial charge in [0.05, 0.1) is 17.7 Å². The van der Waals surface area contributed by atoms with Crippen LogP contribution in [0.2, 0.25) is 0 Å². The van der Waals surface area contributed by atoms with Crippen LogP contribution in [0.3, 0.4) is 0 Å². The number of rotatable bonds is 5. The number of aryl methyl sites for hydroxylation is 1. The Balaban J connectivity index is 2.04. The summed E-state index contributed by atoms with van der Waals surface area (Å²) in [7, 11) is 0. The summed E-state index contributed by atoms with van der Waals surface area (Å²) in [5, 5.41) is 5.20. The molecule has 0 unspecified atom stereocenters. The minimum atomic E-state index is 0.504. The summed E-state index contributed by atoms with van der Waals surface area (Å²) in [4.78, 5) is 12.8. The third-order valence-corrected chi connectivity index (χ3v) is 2.84. The minimum Gasteiger partial charge on any atom is -0.384 e. The smallest absolute Gasteiger partial charge is 0.133 e. The molecular weight excluding hydrogens is 234 g/mol. The van der Waals surface area contributed by atoms with E-state index in [9.17, 15) is 0 Å². The molecule has 0 bridgehead atoms. The van der Waals surface area contributed by atoms with Crippen molar-refractivity contribution in [3.8, 4) is 0 Å². The van der Waals surface area contributed by atoms with Crippen LogP contribution >= 0.6 is 11.3 Å². The minimum absolute atomic E-state index is 0.504. The van der Waals surface area contributed by atoms with Gasteiger partial charge in [0.15, 0.2) is 0 Å². The molecule has 3 N–H and O–H groups in total. The lowest BCUT2D eigenvalue weighted by Gasteiger charge is -2.06. The van der Waals surface area contributed by atoms with E-state index in [1.54, 1.807) is 17.4 Å². The van der Waals surface area contributed by atoms with Gasteiger partial charge in [-0.25, -0.2) is 15.0 Å². The molecule has 0 atom stereocenters. The van der Waals surface area contributed by atoms with E-state index in [1.807, 2.05) is 10.9 Å². The molecular formula is C11H15N5S. The van der Waals surface area contributed by atoms with Crippen LogP contribution in [0.5, 0.6) is 0 Å². The highest BCUT2D eigenvalue weighted by Gasteiger charge is 2.02. The van der Waals surface area contributed by atoms with E-state index in [-0.39, 0.29) is 0 Å². The van der Waals surface area contributed by atoms with Gasteiger partial charge in [0.1, 0.15) is 17.5 Å². The van der Waals surface area contributed by atoms with Crippen molar-refractivity contribution >= 4 is 23.0 Å². The Kier molecular flexibility index (Phi) is 3.87. The number of nitrogens with zero attached hydrogens (tertiary/aromatic N) is 3. The fourth-order valence-corrected chi connectivity index (χ4v) is 2.01. The second-order valence-corrected chi connectivity index (χ2v) is 4.40. The maximum atomic E-state index is 5.73. The Morgan fingerprint density at radius 2 is 2.29 bits per heavy atom. The van der Waals surface area contributed by atoms with E-state index in [1.165, 1.54) is 0 Å². The van der Waals surface area contributed by atoms with Gasteiger partial charge in [0.2, 0.25) is 0 Å². The molecule has 5 nitrogen and oxygen atoms in total. The molecule has 0 aliphatic heterocycles. The number of nitrogens with one attached hydrogen (secondary N) is 1. The molecule has 0 amide bonds. The first kappa shape index (κ1) is 11.8. The number of nitrogens with two attached hydrogens (primary N) is 1. The zero-order valence-electron chi connectivity index (χ0n) is 9.68. The van der Waals surface area contributed by atoms with Gasteiger partial charge in [0.25, 0.3) is 0 Å². The highest BCUT2D eigenvalue weighted by Crippen LogP contribution is 2.11. The molecule has 6 heteroatoms. The van der Waals surface area contributed by atoms with E-state index in [4.69, 9.17) is 5.73 Å². The number of nitrogen functional groups attached to an aromatic ring is 1.